The van der Waals surface area contributed by atoms with Crippen molar-refractivity contribution in [2.75, 3.05) is 6.54 Å². The number of nitrogens with zero attached hydrogens (tertiary/aromatic N) is 1. The van der Waals surface area contributed by atoms with Crippen molar-refractivity contribution in [2.45, 2.75) is 57.2 Å². The average Bonchev–Trinajstić information content (AvgIpc) is 2.86. The van der Waals surface area contributed by atoms with E-state index in [0.29, 0.717) is 6.04 Å². The Morgan fingerprint density at radius 1 is 1.24 bits per heavy atom. The van der Waals surface area contributed by atoms with Gasteiger partial charge in [0, 0.05) is 17.8 Å². The number of fused-ring (bicyclic) bond motifs is 2. The Hall–Kier alpha value is -0.180. The lowest BCUT2D eigenvalue weighted by Gasteiger charge is -2.27. The van der Waals surface area contributed by atoms with Gasteiger partial charge in [-0.1, -0.05) is 25.1 Å². The van der Waals surface area contributed by atoms with Crippen LogP contribution in [0.5, 0.6) is 0 Å². The molecule has 1 aliphatic heterocycles. The van der Waals surface area contributed by atoms with Crippen LogP contribution >= 0.6 is 11.8 Å². The molecule has 0 spiro atoms. The largest absolute Gasteiger partial charge is 0.362 e. The molecular formula is C14H24N2S. The summed E-state index contributed by atoms with van der Waals surface area (Å²) in [5.41, 5.74) is 0. The molecule has 3 fully saturated rings. The van der Waals surface area contributed by atoms with E-state index >= 15 is 0 Å². The van der Waals surface area contributed by atoms with Gasteiger partial charge < -0.3 is 5.32 Å². The van der Waals surface area contributed by atoms with E-state index in [4.69, 9.17) is 4.99 Å². The molecule has 0 aromatic rings. The first-order valence-electron chi connectivity index (χ1n) is 7.18. The van der Waals surface area contributed by atoms with Crippen LogP contribution in [0.15, 0.2) is 4.99 Å². The topological polar surface area (TPSA) is 24.4 Å². The van der Waals surface area contributed by atoms with Gasteiger partial charge in [0.05, 0.1) is 0 Å². The highest BCUT2D eigenvalue weighted by atomic mass is 32.2. The van der Waals surface area contributed by atoms with Crippen LogP contribution in [0.25, 0.3) is 0 Å². The molecule has 2 saturated carbocycles. The highest BCUT2D eigenvalue weighted by Crippen LogP contribution is 2.48. The van der Waals surface area contributed by atoms with Crippen molar-refractivity contribution in [3.63, 3.8) is 0 Å². The number of aliphatic imine (C=N–C) groups is 1. The van der Waals surface area contributed by atoms with E-state index in [1.165, 1.54) is 37.3 Å². The first-order valence-corrected chi connectivity index (χ1v) is 8.06. The number of amidine groups is 1. The van der Waals surface area contributed by atoms with Crippen molar-refractivity contribution < 1.29 is 0 Å². The number of rotatable bonds is 2. The van der Waals surface area contributed by atoms with Crippen LogP contribution in [0.4, 0.5) is 0 Å². The molecule has 1 N–H and O–H groups in total. The van der Waals surface area contributed by atoms with E-state index in [0.717, 1.165) is 29.5 Å². The standard InChI is InChI=1S/C14H24N2S/c1-9-5-10(2)17-14(16-9)15-8-13-7-11-3-4-12(13)6-11/h9-13H,3-8H2,1-2H3,(H,15,16). The normalized spacial score (nSPS) is 47.4. The maximum Gasteiger partial charge on any atom is 0.157 e. The fourth-order valence-corrected chi connectivity index (χ4v) is 5.11. The summed E-state index contributed by atoms with van der Waals surface area (Å²) in [7, 11) is 0. The molecule has 1 heterocycles. The molecule has 0 aromatic carbocycles. The van der Waals surface area contributed by atoms with Crippen LogP contribution in [0.1, 0.15) is 46.0 Å². The molecule has 17 heavy (non-hydrogen) atoms. The van der Waals surface area contributed by atoms with Crippen LogP contribution in [-0.4, -0.2) is 23.0 Å². The summed E-state index contributed by atoms with van der Waals surface area (Å²) in [6.07, 6.45) is 7.20. The maximum absolute atomic E-state index is 4.85. The lowest BCUT2D eigenvalue weighted by Crippen LogP contribution is -2.38. The number of thioether (sulfide) groups is 1. The second-order valence-electron chi connectivity index (χ2n) is 6.29. The molecule has 96 valence electrons. The molecule has 0 radical (unpaired) electrons. The third-order valence-electron chi connectivity index (χ3n) is 4.72. The van der Waals surface area contributed by atoms with Crippen LogP contribution in [0, 0.1) is 17.8 Å². The summed E-state index contributed by atoms with van der Waals surface area (Å²) in [6.45, 7) is 5.66. The molecule has 2 bridgehead atoms. The van der Waals surface area contributed by atoms with E-state index < -0.39 is 0 Å². The van der Waals surface area contributed by atoms with Crippen molar-refractivity contribution >= 4 is 16.9 Å². The molecule has 1 saturated heterocycles. The highest BCUT2D eigenvalue weighted by molar-refractivity contribution is 8.14. The molecule has 5 unspecified atom stereocenters. The zero-order valence-corrected chi connectivity index (χ0v) is 11.8. The Morgan fingerprint density at radius 3 is 2.76 bits per heavy atom. The minimum absolute atomic E-state index is 0.602. The van der Waals surface area contributed by atoms with Gasteiger partial charge >= 0.3 is 0 Å². The number of nitrogens with one attached hydrogen (secondary N) is 1. The predicted molar refractivity (Wildman–Crippen MR) is 75.5 cm³/mol. The van der Waals surface area contributed by atoms with Crippen LogP contribution in [0.3, 0.4) is 0 Å². The third kappa shape index (κ3) is 2.64. The van der Waals surface area contributed by atoms with Crippen molar-refractivity contribution in [3.8, 4) is 0 Å². The SMILES string of the molecule is CC1CC(C)SC(=NCC2CC3CCC2C3)N1. The van der Waals surface area contributed by atoms with E-state index in [2.05, 4.69) is 19.2 Å². The van der Waals surface area contributed by atoms with Crippen LogP contribution in [0.2, 0.25) is 0 Å². The van der Waals surface area contributed by atoms with Gasteiger partial charge in [-0.05, 0) is 50.4 Å². The van der Waals surface area contributed by atoms with Crippen molar-refractivity contribution in [1.29, 1.82) is 0 Å². The Balaban J connectivity index is 1.55. The second kappa shape index (κ2) is 4.83. The Labute approximate surface area is 109 Å². The van der Waals surface area contributed by atoms with E-state index in [1.807, 2.05) is 11.8 Å². The predicted octanol–water partition coefficient (Wildman–Crippen LogP) is 3.28. The molecule has 0 aromatic heterocycles. The monoisotopic (exact) mass is 252 g/mol. The van der Waals surface area contributed by atoms with E-state index in [-0.39, 0.29) is 0 Å². The zero-order chi connectivity index (χ0) is 11.8. The molecule has 5 atom stereocenters. The average molecular weight is 252 g/mol. The summed E-state index contributed by atoms with van der Waals surface area (Å²) in [5, 5.41) is 5.46. The second-order valence-corrected chi connectivity index (χ2v) is 7.72. The Morgan fingerprint density at radius 2 is 2.12 bits per heavy atom. The summed E-state index contributed by atoms with van der Waals surface area (Å²) >= 11 is 1.93. The Bertz CT molecular complexity index is 303. The van der Waals surface area contributed by atoms with Gasteiger partial charge in [0.25, 0.3) is 0 Å². The first-order chi connectivity index (χ1) is 8.20. The fourth-order valence-electron chi connectivity index (χ4n) is 3.92. The van der Waals surface area contributed by atoms with E-state index in [9.17, 15) is 0 Å². The molecule has 0 amide bonds. The number of hydrogen-bond donors (Lipinski definition) is 1. The smallest absolute Gasteiger partial charge is 0.157 e. The van der Waals surface area contributed by atoms with Crippen molar-refractivity contribution in [2.24, 2.45) is 22.7 Å². The summed E-state index contributed by atoms with van der Waals surface area (Å²) < 4.78 is 0. The summed E-state index contributed by atoms with van der Waals surface area (Å²) in [4.78, 5) is 4.85. The van der Waals surface area contributed by atoms with Gasteiger partial charge in [-0.2, -0.15) is 0 Å². The number of hydrogen-bond acceptors (Lipinski definition) is 2. The first kappa shape index (κ1) is 11.9. The molecule has 3 rings (SSSR count). The molecule has 2 nitrogen and oxygen atoms in total. The van der Waals surface area contributed by atoms with Gasteiger partial charge in [-0.15, -0.1) is 0 Å². The van der Waals surface area contributed by atoms with Crippen LogP contribution in [-0.2, 0) is 0 Å². The minimum atomic E-state index is 0.602. The lowest BCUT2D eigenvalue weighted by atomic mass is 9.89. The van der Waals surface area contributed by atoms with Gasteiger partial charge in [0.15, 0.2) is 5.17 Å². The van der Waals surface area contributed by atoms with E-state index in [1.54, 1.807) is 0 Å². The molecule has 3 heteroatoms. The van der Waals surface area contributed by atoms with Crippen molar-refractivity contribution in [1.82, 2.24) is 5.32 Å². The summed E-state index contributed by atoms with van der Waals surface area (Å²) in [5.74, 6) is 2.96. The lowest BCUT2D eigenvalue weighted by molar-refractivity contribution is 0.342. The minimum Gasteiger partial charge on any atom is -0.362 e. The van der Waals surface area contributed by atoms with Gasteiger partial charge in [0.2, 0.25) is 0 Å². The van der Waals surface area contributed by atoms with Gasteiger partial charge in [0.1, 0.15) is 0 Å². The van der Waals surface area contributed by atoms with Crippen molar-refractivity contribution in [3.05, 3.63) is 0 Å². The van der Waals surface area contributed by atoms with Crippen LogP contribution < -0.4 is 5.32 Å². The maximum atomic E-state index is 4.85. The van der Waals surface area contributed by atoms with Gasteiger partial charge in [-0.3, -0.25) is 4.99 Å². The molecule has 3 aliphatic rings. The fraction of sp³-hybridized carbons (Fsp3) is 0.929. The molecular weight excluding hydrogens is 228 g/mol. The van der Waals surface area contributed by atoms with Gasteiger partial charge in [-0.25, -0.2) is 0 Å². The molecule has 2 aliphatic carbocycles. The summed E-state index contributed by atoms with van der Waals surface area (Å²) in [6, 6.07) is 0.602. The quantitative estimate of drug-likeness (QED) is 0.815. The highest BCUT2D eigenvalue weighted by Gasteiger charge is 2.39. The third-order valence-corrected chi connectivity index (χ3v) is 5.79. The Kier molecular flexibility index (Phi) is 3.38. The zero-order valence-electron chi connectivity index (χ0n) is 11.0.